The molecule has 0 unspecified atom stereocenters. The molecule has 1 saturated heterocycles. The first-order chi connectivity index (χ1) is 8.02. The lowest BCUT2D eigenvalue weighted by molar-refractivity contribution is 0.112. The van der Waals surface area contributed by atoms with E-state index in [9.17, 15) is 13.2 Å². The highest BCUT2D eigenvalue weighted by atomic mass is 35.5. The van der Waals surface area contributed by atoms with Crippen molar-refractivity contribution in [1.82, 2.24) is 0 Å². The number of aldehydes is 1. The fraction of sp³-hybridized carbons (Fsp3) is 0.364. The topological polar surface area (TPSA) is 54.5 Å². The summed E-state index contributed by atoms with van der Waals surface area (Å²) in [7, 11) is -2.88. The zero-order valence-corrected chi connectivity index (χ0v) is 10.7. The third kappa shape index (κ3) is 2.79. The first-order valence-electron chi connectivity index (χ1n) is 5.22. The van der Waals surface area contributed by atoms with E-state index in [0.717, 1.165) is 5.69 Å². The number of sulfone groups is 1. The quantitative estimate of drug-likeness (QED) is 0.764. The molecule has 1 aromatic rings. The van der Waals surface area contributed by atoms with Crippen molar-refractivity contribution in [3.63, 3.8) is 0 Å². The second-order valence-corrected chi connectivity index (χ2v) is 6.67. The smallest absolute Gasteiger partial charge is 0.153 e. The van der Waals surface area contributed by atoms with Gasteiger partial charge in [-0.1, -0.05) is 11.6 Å². The average molecular weight is 274 g/mol. The second kappa shape index (κ2) is 4.66. The third-order valence-electron chi connectivity index (χ3n) is 2.82. The summed E-state index contributed by atoms with van der Waals surface area (Å²) in [6, 6.07) is 5.13. The maximum Gasteiger partial charge on any atom is 0.153 e. The van der Waals surface area contributed by atoms with E-state index in [0.29, 0.717) is 30.0 Å². The molecule has 17 heavy (non-hydrogen) atoms. The molecule has 0 amide bonds. The van der Waals surface area contributed by atoms with Gasteiger partial charge in [0.1, 0.15) is 0 Å². The van der Waals surface area contributed by atoms with Crippen molar-refractivity contribution in [3.05, 3.63) is 28.8 Å². The molecule has 0 saturated carbocycles. The van der Waals surface area contributed by atoms with Crippen LogP contribution < -0.4 is 4.90 Å². The number of rotatable bonds is 2. The fourth-order valence-electron chi connectivity index (χ4n) is 1.78. The number of anilines is 1. The zero-order chi connectivity index (χ0) is 12.5. The Labute approximate surface area is 105 Å². The van der Waals surface area contributed by atoms with E-state index in [1.807, 2.05) is 4.90 Å². The molecular formula is C11H12ClNO3S. The van der Waals surface area contributed by atoms with Crippen molar-refractivity contribution in [2.24, 2.45) is 0 Å². The first-order valence-corrected chi connectivity index (χ1v) is 7.42. The predicted molar refractivity (Wildman–Crippen MR) is 67.7 cm³/mol. The summed E-state index contributed by atoms with van der Waals surface area (Å²) in [4.78, 5) is 12.6. The Balaban J connectivity index is 2.19. The van der Waals surface area contributed by atoms with Gasteiger partial charge >= 0.3 is 0 Å². The van der Waals surface area contributed by atoms with Crippen LogP contribution in [0.1, 0.15) is 10.4 Å². The van der Waals surface area contributed by atoms with Crippen molar-refractivity contribution in [2.45, 2.75) is 0 Å². The molecule has 1 heterocycles. The SMILES string of the molecule is O=Cc1ccc(N2CCS(=O)(=O)CC2)cc1Cl. The van der Waals surface area contributed by atoms with Crippen LogP contribution in [0.4, 0.5) is 5.69 Å². The first kappa shape index (κ1) is 12.4. The molecule has 92 valence electrons. The Hall–Kier alpha value is -1.07. The minimum Gasteiger partial charge on any atom is -0.369 e. The lowest BCUT2D eigenvalue weighted by Crippen LogP contribution is -2.40. The highest BCUT2D eigenvalue weighted by molar-refractivity contribution is 7.91. The van der Waals surface area contributed by atoms with Gasteiger partial charge < -0.3 is 4.90 Å². The normalized spacial score (nSPS) is 19.0. The number of benzene rings is 1. The van der Waals surface area contributed by atoms with E-state index in [1.165, 1.54) is 0 Å². The van der Waals surface area contributed by atoms with Gasteiger partial charge in [-0.05, 0) is 18.2 Å². The van der Waals surface area contributed by atoms with Crippen LogP contribution in [-0.2, 0) is 9.84 Å². The van der Waals surface area contributed by atoms with Gasteiger partial charge in [0.15, 0.2) is 16.1 Å². The van der Waals surface area contributed by atoms with Gasteiger partial charge in [-0.3, -0.25) is 4.79 Å². The van der Waals surface area contributed by atoms with Crippen LogP contribution in [0.5, 0.6) is 0 Å². The Morgan fingerprint density at radius 3 is 2.41 bits per heavy atom. The minimum atomic E-state index is -2.88. The van der Waals surface area contributed by atoms with E-state index in [1.54, 1.807) is 18.2 Å². The second-order valence-electron chi connectivity index (χ2n) is 3.96. The summed E-state index contributed by atoms with van der Waals surface area (Å²) < 4.78 is 22.6. The minimum absolute atomic E-state index is 0.167. The molecule has 1 aliphatic heterocycles. The molecule has 2 rings (SSSR count). The molecule has 0 aliphatic carbocycles. The van der Waals surface area contributed by atoms with Gasteiger partial charge in [0, 0.05) is 24.3 Å². The summed E-state index contributed by atoms with van der Waals surface area (Å²) in [6.45, 7) is 0.943. The summed E-state index contributed by atoms with van der Waals surface area (Å²) in [6.07, 6.45) is 0.701. The summed E-state index contributed by atoms with van der Waals surface area (Å²) in [5, 5.41) is 0.394. The summed E-state index contributed by atoms with van der Waals surface area (Å²) in [5.41, 5.74) is 1.30. The molecule has 0 aromatic heterocycles. The molecule has 0 atom stereocenters. The van der Waals surface area contributed by atoms with Crippen LogP contribution in [0.3, 0.4) is 0 Å². The molecule has 0 radical (unpaired) electrons. The van der Waals surface area contributed by atoms with Crippen LogP contribution in [0, 0.1) is 0 Å². The molecule has 1 aromatic carbocycles. The highest BCUT2D eigenvalue weighted by Crippen LogP contribution is 2.24. The Bertz CT molecular complexity index is 528. The van der Waals surface area contributed by atoms with Gasteiger partial charge in [0.25, 0.3) is 0 Å². The molecular weight excluding hydrogens is 262 g/mol. The van der Waals surface area contributed by atoms with Crippen LogP contribution in [0.15, 0.2) is 18.2 Å². The monoisotopic (exact) mass is 273 g/mol. The van der Waals surface area contributed by atoms with Crippen LogP contribution >= 0.6 is 11.6 Å². The third-order valence-corrected chi connectivity index (χ3v) is 4.76. The lowest BCUT2D eigenvalue weighted by Gasteiger charge is -2.28. The summed E-state index contributed by atoms with van der Waals surface area (Å²) >= 11 is 5.93. The Morgan fingerprint density at radius 1 is 1.24 bits per heavy atom. The predicted octanol–water partition coefficient (Wildman–Crippen LogP) is 1.39. The van der Waals surface area contributed by atoms with Crippen molar-refractivity contribution >= 4 is 33.4 Å². The van der Waals surface area contributed by atoms with Gasteiger partial charge in [-0.25, -0.2) is 8.42 Å². The lowest BCUT2D eigenvalue weighted by atomic mass is 10.2. The zero-order valence-electron chi connectivity index (χ0n) is 9.10. The van der Waals surface area contributed by atoms with Gasteiger partial charge in [0.2, 0.25) is 0 Å². The van der Waals surface area contributed by atoms with E-state index in [4.69, 9.17) is 11.6 Å². The molecule has 1 aliphatic rings. The van der Waals surface area contributed by atoms with Crippen molar-refractivity contribution in [3.8, 4) is 0 Å². The molecule has 0 bridgehead atoms. The van der Waals surface area contributed by atoms with E-state index in [2.05, 4.69) is 0 Å². The average Bonchev–Trinajstić information content (AvgIpc) is 2.29. The van der Waals surface area contributed by atoms with Crippen LogP contribution in [-0.4, -0.2) is 39.3 Å². The van der Waals surface area contributed by atoms with E-state index < -0.39 is 9.84 Å². The largest absolute Gasteiger partial charge is 0.369 e. The molecule has 0 N–H and O–H groups in total. The van der Waals surface area contributed by atoms with Crippen molar-refractivity contribution < 1.29 is 13.2 Å². The molecule has 1 fully saturated rings. The van der Waals surface area contributed by atoms with Crippen LogP contribution in [0.2, 0.25) is 5.02 Å². The van der Waals surface area contributed by atoms with Gasteiger partial charge in [-0.15, -0.1) is 0 Å². The number of carbonyl (C=O) groups excluding carboxylic acids is 1. The Morgan fingerprint density at radius 2 is 1.88 bits per heavy atom. The number of hydrogen-bond donors (Lipinski definition) is 0. The van der Waals surface area contributed by atoms with Gasteiger partial charge in [0.05, 0.1) is 16.5 Å². The van der Waals surface area contributed by atoms with E-state index in [-0.39, 0.29) is 11.5 Å². The van der Waals surface area contributed by atoms with Gasteiger partial charge in [-0.2, -0.15) is 0 Å². The molecule has 6 heteroatoms. The number of hydrogen-bond acceptors (Lipinski definition) is 4. The standard InChI is InChI=1S/C11H12ClNO3S/c12-11-7-10(2-1-9(11)8-14)13-3-5-17(15,16)6-4-13/h1-2,7-8H,3-6H2. The maximum absolute atomic E-state index is 11.3. The van der Waals surface area contributed by atoms with Crippen molar-refractivity contribution in [1.29, 1.82) is 0 Å². The highest BCUT2D eigenvalue weighted by Gasteiger charge is 2.21. The maximum atomic E-state index is 11.3. The molecule has 0 spiro atoms. The number of halogens is 1. The summed E-state index contributed by atoms with van der Waals surface area (Å²) in [5.74, 6) is 0.333. The van der Waals surface area contributed by atoms with E-state index >= 15 is 0 Å². The van der Waals surface area contributed by atoms with Crippen LogP contribution in [0.25, 0.3) is 0 Å². The number of nitrogens with zero attached hydrogens (tertiary/aromatic N) is 1. The Kier molecular flexibility index (Phi) is 3.40. The number of carbonyl (C=O) groups is 1. The fourth-order valence-corrected chi connectivity index (χ4v) is 3.20. The molecule has 4 nitrogen and oxygen atoms in total. The van der Waals surface area contributed by atoms with Crippen molar-refractivity contribution in [2.75, 3.05) is 29.5 Å².